The molecule has 7 N–H and O–H groups in total. The van der Waals surface area contributed by atoms with Gasteiger partial charge in [0.15, 0.2) is 0 Å². The van der Waals surface area contributed by atoms with Gasteiger partial charge in [-0.3, -0.25) is 4.79 Å². The summed E-state index contributed by atoms with van der Waals surface area (Å²) >= 11 is 1.06. The number of rotatable bonds is 5. The fourth-order valence-electron chi connectivity index (χ4n) is 2.40. The van der Waals surface area contributed by atoms with Crippen LogP contribution in [0.3, 0.4) is 0 Å². The van der Waals surface area contributed by atoms with Crippen LogP contribution in [0.15, 0.2) is 30.0 Å². The molecule has 1 heterocycles. The molecule has 132 valence electrons. The molecule has 4 radical (unpaired) electrons. The van der Waals surface area contributed by atoms with E-state index in [4.69, 9.17) is 37.6 Å². The molecular weight excluding hydrogens is 346 g/mol. The van der Waals surface area contributed by atoms with Gasteiger partial charge in [0.05, 0.1) is 33.5 Å². The van der Waals surface area contributed by atoms with Gasteiger partial charge < -0.3 is 27.3 Å². The van der Waals surface area contributed by atoms with Crippen molar-refractivity contribution in [1.82, 2.24) is 5.32 Å². The molecule has 1 aromatic carbocycles. The predicted molar refractivity (Wildman–Crippen MR) is 109 cm³/mol. The number of nitrogens with one attached hydrogen (secondary N) is 1. The van der Waals surface area contributed by atoms with Gasteiger partial charge >= 0.3 is 0 Å². The highest BCUT2D eigenvalue weighted by atomic mass is 32.1. The Morgan fingerprint density at radius 2 is 1.77 bits per heavy atom. The lowest BCUT2D eigenvalue weighted by Crippen LogP contribution is -2.46. The van der Waals surface area contributed by atoms with Crippen molar-refractivity contribution in [3.8, 4) is 5.75 Å². The number of nitrogen functional groups attached to an aromatic ring is 2. The van der Waals surface area contributed by atoms with E-state index in [1.165, 1.54) is 0 Å². The Morgan fingerprint density at radius 3 is 2.27 bits per heavy atom. The number of amides is 1. The minimum atomic E-state index is -1.59. The zero-order valence-corrected chi connectivity index (χ0v) is 15.7. The molecule has 0 aliphatic rings. The highest BCUT2D eigenvalue weighted by molar-refractivity contribution is 7.18. The van der Waals surface area contributed by atoms with E-state index < -0.39 is 11.2 Å². The van der Waals surface area contributed by atoms with Gasteiger partial charge in [0.1, 0.15) is 10.6 Å². The third kappa shape index (κ3) is 3.83. The second-order valence-corrected chi connectivity index (χ2v) is 7.00. The summed E-state index contributed by atoms with van der Waals surface area (Å²) in [7, 11) is 13.7. The maximum Gasteiger partial charge on any atom is 0.262 e. The van der Waals surface area contributed by atoms with Crippen molar-refractivity contribution in [2.24, 2.45) is 5.73 Å². The van der Waals surface area contributed by atoms with Crippen molar-refractivity contribution in [2.45, 2.75) is 19.2 Å². The lowest BCUT2D eigenvalue weighted by atomic mass is 9.58. The van der Waals surface area contributed by atoms with E-state index in [2.05, 4.69) is 5.32 Å². The number of nitrogens with two attached hydrogens (primary N) is 3. The third-order valence-electron chi connectivity index (χ3n) is 4.03. The molecule has 0 saturated heterocycles. The van der Waals surface area contributed by atoms with Crippen LogP contribution >= 0.6 is 11.3 Å². The Bertz CT molecular complexity index is 856. The molecule has 0 fully saturated rings. The molecule has 0 unspecified atom stereocenters. The molecule has 0 bridgehead atoms. The molecule has 0 saturated carbocycles. The number of carbonyl (C=O) groups excluding carboxylic acids is 1. The van der Waals surface area contributed by atoms with Crippen LogP contribution in [0.5, 0.6) is 5.75 Å². The molecule has 0 aliphatic carbocycles. The number of hydrogen-bond donors (Lipinski definition) is 4. The van der Waals surface area contributed by atoms with Crippen molar-refractivity contribution in [2.75, 3.05) is 18.6 Å². The largest absolute Gasteiger partial charge is 0.497 e. The second kappa shape index (κ2) is 7.37. The predicted octanol–water partition coefficient (Wildman–Crippen LogP) is 1.51. The number of allylic oxidation sites excluding steroid dienone is 2. The van der Waals surface area contributed by atoms with Gasteiger partial charge in [-0.05, 0) is 42.5 Å². The van der Waals surface area contributed by atoms with Gasteiger partial charge in [-0.1, -0.05) is 12.1 Å². The van der Waals surface area contributed by atoms with Crippen LogP contribution in [0.2, 0.25) is 0 Å². The molecular formula is C17H20B2N4O2S. The summed E-state index contributed by atoms with van der Waals surface area (Å²) in [6, 6.07) is 6.73. The maximum absolute atomic E-state index is 12.7. The number of ether oxygens (including phenoxy) is 1. The normalized spacial score (nSPS) is 12.4. The highest BCUT2D eigenvalue weighted by Gasteiger charge is 2.27. The number of thiophene rings is 1. The van der Waals surface area contributed by atoms with Gasteiger partial charge in [0.25, 0.3) is 5.91 Å². The molecule has 1 amide bonds. The zero-order chi connectivity index (χ0) is 19.6. The van der Waals surface area contributed by atoms with E-state index >= 15 is 0 Å². The summed E-state index contributed by atoms with van der Waals surface area (Å²) < 4.78 is 5.09. The van der Waals surface area contributed by atoms with E-state index in [9.17, 15) is 4.79 Å². The average Bonchev–Trinajstić information content (AvgIpc) is 2.88. The smallest absolute Gasteiger partial charge is 0.262 e. The van der Waals surface area contributed by atoms with Crippen molar-refractivity contribution in [3.05, 3.63) is 46.0 Å². The van der Waals surface area contributed by atoms with E-state index in [1.807, 2.05) is 0 Å². The fraction of sp³-hybridized carbons (Fsp3) is 0.235. The van der Waals surface area contributed by atoms with Crippen LogP contribution < -0.4 is 27.3 Å². The first-order valence-electron chi connectivity index (χ1n) is 7.74. The molecule has 2 rings (SSSR count). The zero-order valence-electron chi connectivity index (χ0n) is 14.9. The van der Waals surface area contributed by atoms with E-state index in [-0.39, 0.29) is 10.6 Å². The molecule has 6 nitrogen and oxygen atoms in total. The lowest BCUT2D eigenvalue weighted by molar-refractivity contribution is 0.0947. The summed E-state index contributed by atoms with van der Waals surface area (Å²) in [6.45, 7) is 3.53. The van der Waals surface area contributed by atoms with E-state index in [1.54, 1.807) is 45.2 Å². The quantitative estimate of drug-likeness (QED) is 0.599. The van der Waals surface area contributed by atoms with Crippen LogP contribution in [-0.2, 0) is 5.34 Å². The number of methoxy groups -OCH3 is 1. The number of anilines is 2. The SMILES string of the molecule is [B]C([B])(NC(=O)c1sc(N)c(/C(C)=C(/C)N)c1N)c1ccc(OC)cc1. The molecule has 9 heteroatoms. The van der Waals surface area contributed by atoms with E-state index in [0.29, 0.717) is 27.6 Å². The topological polar surface area (TPSA) is 116 Å². The van der Waals surface area contributed by atoms with Crippen molar-refractivity contribution in [1.29, 1.82) is 0 Å². The van der Waals surface area contributed by atoms with Gasteiger partial charge in [-0.15, -0.1) is 11.3 Å². The first-order valence-corrected chi connectivity index (χ1v) is 8.56. The van der Waals surface area contributed by atoms with Crippen LogP contribution in [0.4, 0.5) is 10.7 Å². The minimum absolute atomic E-state index is 0.229. The third-order valence-corrected chi connectivity index (χ3v) is 5.07. The summed E-state index contributed by atoms with van der Waals surface area (Å²) in [5, 5.41) is 1.39. The van der Waals surface area contributed by atoms with Crippen molar-refractivity contribution < 1.29 is 9.53 Å². The fourth-order valence-corrected chi connectivity index (χ4v) is 3.34. The van der Waals surface area contributed by atoms with Crippen LogP contribution in [0, 0.1) is 0 Å². The van der Waals surface area contributed by atoms with Gasteiger partial charge in [0, 0.05) is 11.3 Å². The maximum atomic E-state index is 12.7. The number of carbonyl (C=O) groups is 1. The van der Waals surface area contributed by atoms with Gasteiger partial charge in [-0.25, -0.2) is 0 Å². The lowest BCUT2D eigenvalue weighted by Gasteiger charge is -2.28. The Balaban J connectivity index is 2.32. The number of hydrogen-bond acceptors (Lipinski definition) is 6. The van der Waals surface area contributed by atoms with E-state index in [0.717, 1.165) is 16.9 Å². The minimum Gasteiger partial charge on any atom is -0.497 e. The Kier molecular flexibility index (Phi) is 5.61. The molecule has 0 spiro atoms. The summed E-state index contributed by atoms with van der Waals surface area (Å²) in [5.74, 6) is 0.129. The Hall–Kier alpha value is -2.54. The molecule has 2 aromatic rings. The van der Waals surface area contributed by atoms with Gasteiger partial charge in [0.2, 0.25) is 0 Å². The van der Waals surface area contributed by atoms with Crippen LogP contribution in [0.1, 0.15) is 34.6 Å². The first-order chi connectivity index (χ1) is 12.1. The Morgan fingerprint density at radius 1 is 1.19 bits per heavy atom. The summed E-state index contributed by atoms with van der Waals surface area (Å²) in [5.41, 5.74) is 20.6. The molecule has 0 atom stereocenters. The standard InChI is InChI=1S/C17H20B2N4O2S/c1-8(9(2)20)12-13(21)14(26-15(12)22)16(24)23-17(18,19)10-4-6-11(25-3)7-5-10/h4-7H,20-22H2,1-3H3,(H,23,24)/b9-8-. The highest BCUT2D eigenvalue weighted by Crippen LogP contribution is 2.38. The van der Waals surface area contributed by atoms with Crippen molar-refractivity contribution >= 4 is 49.2 Å². The first kappa shape index (κ1) is 19.8. The average molecular weight is 366 g/mol. The Labute approximate surface area is 159 Å². The van der Waals surface area contributed by atoms with Crippen molar-refractivity contribution in [3.63, 3.8) is 0 Å². The van der Waals surface area contributed by atoms with Crippen LogP contribution in [0.25, 0.3) is 5.57 Å². The summed E-state index contributed by atoms with van der Waals surface area (Å²) in [6.07, 6.45) is 0. The number of benzene rings is 1. The molecule has 1 aromatic heterocycles. The monoisotopic (exact) mass is 366 g/mol. The summed E-state index contributed by atoms with van der Waals surface area (Å²) in [4.78, 5) is 12.9. The molecule has 26 heavy (non-hydrogen) atoms. The molecule has 0 aliphatic heterocycles. The van der Waals surface area contributed by atoms with Crippen LogP contribution in [-0.4, -0.2) is 28.7 Å². The second-order valence-electron chi connectivity index (χ2n) is 5.94. The van der Waals surface area contributed by atoms with Gasteiger partial charge in [-0.2, -0.15) is 0 Å².